The molecule has 0 saturated carbocycles. The molecule has 1 saturated heterocycles. The van der Waals surface area contributed by atoms with Gasteiger partial charge in [0.1, 0.15) is 0 Å². The average molecular weight is 518 g/mol. The first-order chi connectivity index (χ1) is 13.7. The van der Waals surface area contributed by atoms with Crippen LogP contribution in [0.3, 0.4) is 0 Å². The number of rotatable bonds is 10. The number of ether oxygens (including phenoxy) is 1. The van der Waals surface area contributed by atoms with Crippen LogP contribution in [0.15, 0.2) is 23.5 Å². The van der Waals surface area contributed by atoms with Gasteiger partial charge in [0.25, 0.3) is 0 Å². The summed E-state index contributed by atoms with van der Waals surface area (Å²) in [5.41, 5.74) is 2.58. The number of hydrogen-bond donors (Lipinski definition) is 2. The Labute approximate surface area is 194 Å². The van der Waals surface area contributed by atoms with Crippen molar-refractivity contribution >= 4 is 29.9 Å². The summed E-state index contributed by atoms with van der Waals surface area (Å²) in [7, 11) is 0. The Morgan fingerprint density at radius 2 is 1.93 bits per heavy atom. The molecule has 166 valence electrons. The molecule has 1 aliphatic heterocycles. The van der Waals surface area contributed by atoms with Crippen LogP contribution in [0.1, 0.15) is 44.7 Å². The molecule has 7 heteroatoms. The first-order valence-corrected chi connectivity index (χ1v) is 10.9. The van der Waals surface area contributed by atoms with E-state index in [1.165, 1.54) is 24.0 Å². The van der Waals surface area contributed by atoms with Gasteiger partial charge in [0, 0.05) is 44.6 Å². The Kier molecular flexibility index (Phi) is 13.5. The fourth-order valence-corrected chi connectivity index (χ4v) is 3.93. The van der Waals surface area contributed by atoms with Crippen molar-refractivity contribution < 1.29 is 4.74 Å². The molecular formula is C22H40IN5O. The van der Waals surface area contributed by atoms with Crippen LogP contribution < -0.4 is 10.6 Å². The van der Waals surface area contributed by atoms with E-state index in [9.17, 15) is 0 Å². The van der Waals surface area contributed by atoms with Crippen LogP contribution in [-0.4, -0.2) is 67.8 Å². The molecule has 0 radical (unpaired) electrons. The Morgan fingerprint density at radius 3 is 2.55 bits per heavy atom. The predicted octanol–water partition coefficient (Wildman–Crippen LogP) is 3.24. The van der Waals surface area contributed by atoms with E-state index in [0.29, 0.717) is 12.0 Å². The van der Waals surface area contributed by atoms with Gasteiger partial charge in [-0.1, -0.05) is 26.7 Å². The summed E-state index contributed by atoms with van der Waals surface area (Å²) in [4.78, 5) is 11.7. The highest BCUT2D eigenvalue weighted by Crippen LogP contribution is 2.20. The smallest absolute Gasteiger partial charge is 0.191 e. The predicted molar refractivity (Wildman–Crippen MR) is 132 cm³/mol. The van der Waals surface area contributed by atoms with Gasteiger partial charge >= 0.3 is 0 Å². The van der Waals surface area contributed by atoms with E-state index < -0.39 is 0 Å². The quantitative estimate of drug-likeness (QED) is 0.284. The number of pyridine rings is 1. The van der Waals surface area contributed by atoms with Crippen molar-refractivity contribution in [2.45, 2.75) is 53.0 Å². The number of aryl methyl sites for hydroxylation is 1. The third-order valence-corrected chi connectivity index (χ3v) is 5.71. The van der Waals surface area contributed by atoms with Gasteiger partial charge in [-0.25, -0.2) is 0 Å². The van der Waals surface area contributed by atoms with Crippen LogP contribution in [0, 0.1) is 12.8 Å². The second-order valence-electron chi connectivity index (χ2n) is 7.49. The van der Waals surface area contributed by atoms with E-state index in [4.69, 9.17) is 9.73 Å². The summed E-state index contributed by atoms with van der Waals surface area (Å²) < 4.78 is 5.56. The second-order valence-corrected chi connectivity index (χ2v) is 7.49. The van der Waals surface area contributed by atoms with Crippen molar-refractivity contribution in [1.82, 2.24) is 20.5 Å². The zero-order chi connectivity index (χ0) is 20.2. The molecular weight excluding hydrogens is 477 g/mol. The van der Waals surface area contributed by atoms with E-state index >= 15 is 0 Å². The van der Waals surface area contributed by atoms with E-state index in [0.717, 1.165) is 58.3 Å². The fraction of sp³-hybridized carbons (Fsp3) is 0.727. The third-order valence-electron chi connectivity index (χ3n) is 5.71. The number of aromatic nitrogens is 1. The SMILES string of the molecule is CCNC(=NCC(C(CC)CC)N1CCOCC1)NCCc1ccncc1C.I. The molecule has 0 aromatic carbocycles. The molecule has 0 amide bonds. The van der Waals surface area contributed by atoms with Crippen molar-refractivity contribution in [3.63, 3.8) is 0 Å². The molecule has 6 nitrogen and oxygen atoms in total. The highest BCUT2D eigenvalue weighted by Gasteiger charge is 2.26. The minimum absolute atomic E-state index is 0. The Balaban J connectivity index is 0.00000420. The number of halogens is 1. The number of hydrogen-bond acceptors (Lipinski definition) is 4. The van der Waals surface area contributed by atoms with Crippen molar-refractivity contribution in [3.05, 3.63) is 29.6 Å². The summed E-state index contributed by atoms with van der Waals surface area (Å²) >= 11 is 0. The summed E-state index contributed by atoms with van der Waals surface area (Å²) in [5, 5.41) is 6.90. The number of guanidine groups is 1. The highest BCUT2D eigenvalue weighted by atomic mass is 127. The Bertz CT molecular complexity index is 588. The van der Waals surface area contributed by atoms with Gasteiger partial charge in [-0.05, 0) is 43.4 Å². The molecule has 1 unspecified atom stereocenters. The van der Waals surface area contributed by atoms with Crippen LogP contribution in [0.2, 0.25) is 0 Å². The minimum atomic E-state index is 0. The van der Waals surface area contributed by atoms with Gasteiger partial charge in [-0.15, -0.1) is 24.0 Å². The molecule has 2 heterocycles. The maximum Gasteiger partial charge on any atom is 0.191 e. The number of aliphatic imine (C=N–C) groups is 1. The van der Waals surface area contributed by atoms with Crippen LogP contribution in [0.25, 0.3) is 0 Å². The monoisotopic (exact) mass is 517 g/mol. The second kappa shape index (κ2) is 15.0. The third kappa shape index (κ3) is 8.76. The molecule has 1 aromatic heterocycles. The zero-order valence-electron chi connectivity index (χ0n) is 18.6. The topological polar surface area (TPSA) is 61.8 Å². The zero-order valence-corrected chi connectivity index (χ0v) is 20.9. The Morgan fingerprint density at radius 1 is 1.21 bits per heavy atom. The molecule has 29 heavy (non-hydrogen) atoms. The van der Waals surface area contributed by atoms with Gasteiger partial charge < -0.3 is 15.4 Å². The van der Waals surface area contributed by atoms with Crippen LogP contribution in [-0.2, 0) is 11.2 Å². The first-order valence-electron chi connectivity index (χ1n) is 10.9. The lowest BCUT2D eigenvalue weighted by Crippen LogP contribution is -2.49. The molecule has 1 fully saturated rings. The van der Waals surface area contributed by atoms with E-state index in [1.807, 2.05) is 12.4 Å². The van der Waals surface area contributed by atoms with Crippen LogP contribution in [0.4, 0.5) is 0 Å². The highest BCUT2D eigenvalue weighted by molar-refractivity contribution is 14.0. The van der Waals surface area contributed by atoms with Crippen LogP contribution in [0.5, 0.6) is 0 Å². The first kappa shape index (κ1) is 26.1. The van der Waals surface area contributed by atoms with Crippen molar-refractivity contribution in [1.29, 1.82) is 0 Å². The van der Waals surface area contributed by atoms with Gasteiger partial charge in [0.05, 0.1) is 19.8 Å². The molecule has 2 N–H and O–H groups in total. The maximum absolute atomic E-state index is 5.56. The fourth-order valence-electron chi connectivity index (χ4n) is 3.93. The van der Waals surface area contributed by atoms with E-state index in [2.05, 4.69) is 54.3 Å². The molecule has 1 aromatic rings. The van der Waals surface area contributed by atoms with E-state index in [-0.39, 0.29) is 24.0 Å². The number of nitrogens with one attached hydrogen (secondary N) is 2. The Hall–Kier alpha value is -0.930. The lowest BCUT2D eigenvalue weighted by atomic mass is 9.92. The van der Waals surface area contributed by atoms with Gasteiger partial charge in [-0.3, -0.25) is 14.9 Å². The van der Waals surface area contributed by atoms with Gasteiger partial charge in [-0.2, -0.15) is 0 Å². The average Bonchev–Trinajstić information content (AvgIpc) is 2.73. The summed E-state index contributed by atoms with van der Waals surface area (Å²) in [6.07, 6.45) is 7.15. The summed E-state index contributed by atoms with van der Waals surface area (Å²) in [6.45, 7) is 15.1. The number of morpholine rings is 1. The normalized spacial score (nSPS) is 16.4. The maximum atomic E-state index is 5.56. The van der Waals surface area contributed by atoms with Crippen molar-refractivity contribution in [2.75, 3.05) is 45.9 Å². The molecule has 0 bridgehead atoms. The molecule has 2 rings (SSSR count). The molecule has 1 aliphatic rings. The van der Waals surface area contributed by atoms with Gasteiger partial charge in [0.2, 0.25) is 0 Å². The van der Waals surface area contributed by atoms with Gasteiger partial charge in [0.15, 0.2) is 5.96 Å². The summed E-state index contributed by atoms with van der Waals surface area (Å²) in [5.74, 6) is 1.59. The van der Waals surface area contributed by atoms with Crippen molar-refractivity contribution in [3.8, 4) is 0 Å². The van der Waals surface area contributed by atoms with E-state index in [1.54, 1.807) is 0 Å². The largest absolute Gasteiger partial charge is 0.379 e. The minimum Gasteiger partial charge on any atom is -0.379 e. The lowest BCUT2D eigenvalue weighted by Gasteiger charge is -2.38. The lowest BCUT2D eigenvalue weighted by molar-refractivity contribution is 0.00395. The number of nitrogens with zero attached hydrogens (tertiary/aromatic N) is 3. The summed E-state index contributed by atoms with van der Waals surface area (Å²) in [6, 6.07) is 2.58. The van der Waals surface area contributed by atoms with Crippen LogP contribution >= 0.6 is 24.0 Å². The molecule has 1 atom stereocenters. The molecule has 0 spiro atoms. The standard InChI is InChI=1S/C22H39N5O.HI/c1-5-19(6-2)21(27-12-14-28-15-13-27)17-26-22(24-7-3)25-11-9-20-8-10-23-16-18(20)4;/h8,10,16,19,21H,5-7,9,11-15,17H2,1-4H3,(H2,24,25,26);1H. The van der Waals surface area contributed by atoms with Crippen molar-refractivity contribution in [2.24, 2.45) is 10.9 Å². The molecule has 0 aliphatic carbocycles.